The molecule has 0 spiro atoms. The molecule has 0 amide bonds. The fourth-order valence-corrected chi connectivity index (χ4v) is 3.01. The summed E-state index contributed by atoms with van der Waals surface area (Å²) in [7, 11) is 0. The van der Waals surface area contributed by atoms with Crippen LogP contribution in [0.15, 0.2) is 97.1 Å². The SMILES string of the molecule is O=C(O)c1cccc(Oc2ccc(C#Cc3ccc(Oc4cccc(C(=O)O)c4)cc3)cc2)c1. The number of ether oxygens (including phenoxy) is 2. The molecular formula is C28H18O6. The number of aromatic carboxylic acids is 2. The van der Waals surface area contributed by atoms with Crippen LogP contribution in [0.4, 0.5) is 0 Å². The van der Waals surface area contributed by atoms with E-state index in [4.69, 9.17) is 19.7 Å². The van der Waals surface area contributed by atoms with Gasteiger partial charge in [-0.25, -0.2) is 9.59 Å². The van der Waals surface area contributed by atoms with Crippen LogP contribution in [-0.4, -0.2) is 22.2 Å². The zero-order valence-corrected chi connectivity index (χ0v) is 17.8. The van der Waals surface area contributed by atoms with Crippen molar-refractivity contribution >= 4 is 11.9 Å². The maximum Gasteiger partial charge on any atom is 0.335 e. The Kier molecular flexibility index (Phi) is 6.57. The van der Waals surface area contributed by atoms with E-state index in [2.05, 4.69) is 11.8 Å². The van der Waals surface area contributed by atoms with E-state index in [1.807, 2.05) is 24.3 Å². The first-order valence-electron chi connectivity index (χ1n) is 10.2. The second kappa shape index (κ2) is 10.1. The largest absolute Gasteiger partial charge is 0.478 e. The molecule has 0 unspecified atom stereocenters. The molecule has 0 heterocycles. The second-order valence-corrected chi connectivity index (χ2v) is 7.17. The smallest absolute Gasteiger partial charge is 0.335 e. The van der Waals surface area contributed by atoms with Crippen molar-refractivity contribution in [2.45, 2.75) is 0 Å². The van der Waals surface area contributed by atoms with E-state index in [0.29, 0.717) is 23.0 Å². The Hall–Kier alpha value is -5.02. The highest BCUT2D eigenvalue weighted by Crippen LogP contribution is 2.24. The highest BCUT2D eigenvalue weighted by molar-refractivity contribution is 5.88. The first kappa shape index (κ1) is 22.2. The van der Waals surface area contributed by atoms with E-state index in [9.17, 15) is 9.59 Å². The van der Waals surface area contributed by atoms with E-state index >= 15 is 0 Å². The molecule has 34 heavy (non-hydrogen) atoms. The number of hydrogen-bond acceptors (Lipinski definition) is 4. The lowest BCUT2D eigenvalue weighted by molar-refractivity contribution is 0.0686. The third-order valence-corrected chi connectivity index (χ3v) is 4.69. The van der Waals surface area contributed by atoms with E-state index in [0.717, 1.165) is 11.1 Å². The third-order valence-electron chi connectivity index (χ3n) is 4.69. The fourth-order valence-electron chi connectivity index (χ4n) is 3.01. The van der Waals surface area contributed by atoms with Gasteiger partial charge >= 0.3 is 11.9 Å². The lowest BCUT2D eigenvalue weighted by Gasteiger charge is -2.06. The summed E-state index contributed by atoms with van der Waals surface area (Å²) in [6.45, 7) is 0. The first-order chi connectivity index (χ1) is 16.5. The summed E-state index contributed by atoms with van der Waals surface area (Å²) in [5.41, 5.74) is 1.89. The summed E-state index contributed by atoms with van der Waals surface area (Å²) < 4.78 is 11.4. The van der Waals surface area contributed by atoms with E-state index < -0.39 is 11.9 Å². The Balaban J connectivity index is 1.39. The number of hydrogen-bond donors (Lipinski definition) is 2. The summed E-state index contributed by atoms with van der Waals surface area (Å²) >= 11 is 0. The molecule has 6 nitrogen and oxygen atoms in total. The van der Waals surface area contributed by atoms with Crippen LogP contribution < -0.4 is 9.47 Å². The molecule has 4 rings (SSSR count). The maximum atomic E-state index is 11.1. The van der Waals surface area contributed by atoms with Gasteiger partial charge in [0.15, 0.2) is 0 Å². The van der Waals surface area contributed by atoms with Crippen LogP contribution in [0.25, 0.3) is 0 Å². The van der Waals surface area contributed by atoms with Gasteiger partial charge in [-0.15, -0.1) is 0 Å². The maximum absolute atomic E-state index is 11.1. The van der Waals surface area contributed by atoms with Crippen molar-refractivity contribution < 1.29 is 29.3 Å². The lowest BCUT2D eigenvalue weighted by Crippen LogP contribution is -1.96. The van der Waals surface area contributed by atoms with Crippen LogP contribution in [0.1, 0.15) is 31.8 Å². The zero-order chi connectivity index (χ0) is 23.9. The lowest BCUT2D eigenvalue weighted by atomic mass is 10.1. The van der Waals surface area contributed by atoms with Gasteiger partial charge < -0.3 is 19.7 Å². The van der Waals surface area contributed by atoms with Gasteiger partial charge in [0.05, 0.1) is 11.1 Å². The molecule has 0 aliphatic rings. The Morgan fingerprint density at radius 1 is 0.529 bits per heavy atom. The van der Waals surface area contributed by atoms with Crippen molar-refractivity contribution in [1.82, 2.24) is 0 Å². The van der Waals surface area contributed by atoms with Crippen molar-refractivity contribution in [3.05, 3.63) is 119 Å². The summed E-state index contributed by atoms with van der Waals surface area (Å²) in [5.74, 6) is 6.15. The molecular weight excluding hydrogens is 432 g/mol. The van der Waals surface area contributed by atoms with Crippen molar-refractivity contribution in [1.29, 1.82) is 0 Å². The number of benzene rings is 4. The third kappa shape index (κ3) is 5.81. The van der Waals surface area contributed by atoms with E-state index in [1.165, 1.54) is 24.3 Å². The van der Waals surface area contributed by atoms with E-state index in [1.54, 1.807) is 48.5 Å². The Labute approximate surface area is 195 Å². The quantitative estimate of drug-likeness (QED) is 0.347. The topological polar surface area (TPSA) is 93.1 Å². The van der Waals surface area contributed by atoms with Crippen LogP contribution >= 0.6 is 0 Å². The van der Waals surface area contributed by atoms with Gasteiger partial charge in [-0.05, 0) is 84.9 Å². The summed E-state index contributed by atoms with van der Waals surface area (Å²) in [4.78, 5) is 22.2. The monoisotopic (exact) mass is 450 g/mol. The standard InChI is InChI=1S/C28H18O6/c29-27(30)21-3-1-5-25(17-21)33-23-13-9-19(10-14-23)7-8-20-11-15-24(16-12-20)34-26-6-2-4-22(18-26)28(31)32/h1-6,9-18H,(H,29,30)(H,31,32). The van der Waals surface area contributed by atoms with Crippen molar-refractivity contribution in [2.24, 2.45) is 0 Å². The molecule has 0 aliphatic heterocycles. The number of carboxylic acid groups (broad SMARTS) is 2. The van der Waals surface area contributed by atoms with Crippen molar-refractivity contribution in [2.75, 3.05) is 0 Å². The van der Waals surface area contributed by atoms with Crippen molar-refractivity contribution in [3.8, 4) is 34.8 Å². The number of rotatable bonds is 6. The van der Waals surface area contributed by atoms with Crippen molar-refractivity contribution in [3.63, 3.8) is 0 Å². The highest BCUT2D eigenvalue weighted by atomic mass is 16.5. The van der Waals surface area contributed by atoms with Gasteiger partial charge in [0.2, 0.25) is 0 Å². The van der Waals surface area contributed by atoms with Gasteiger partial charge in [0.1, 0.15) is 23.0 Å². The minimum absolute atomic E-state index is 0.158. The average molecular weight is 450 g/mol. The van der Waals surface area contributed by atoms with Crippen LogP contribution in [0.3, 0.4) is 0 Å². The molecule has 0 fully saturated rings. The van der Waals surface area contributed by atoms with Gasteiger partial charge in [0.25, 0.3) is 0 Å². The molecule has 4 aromatic carbocycles. The van der Waals surface area contributed by atoms with Gasteiger partial charge in [0, 0.05) is 11.1 Å². The van der Waals surface area contributed by atoms with Crippen LogP contribution in [0, 0.1) is 11.8 Å². The molecule has 0 saturated heterocycles. The minimum Gasteiger partial charge on any atom is -0.478 e. The molecule has 0 aromatic heterocycles. The zero-order valence-electron chi connectivity index (χ0n) is 17.8. The first-order valence-corrected chi connectivity index (χ1v) is 10.2. The Morgan fingerprint density at radius 2 is 0.912 bits per heavy atom. The summed E-state index contributed by atoms with van der Waals surface area (Å²) in [5, 5.41) is 18.2. The molecule has 0 radical (unpaired) electrons. The predicted molar refractivity (Wildman–Crippen MR) is 126 cm³/mol. The molecule has 0 saturated carbocycles. The molecule has 166 valence electrons. The van der Waals surface area contributed by atoms with Crippen LogP contribution in [-0.2, 0) is 0 Å². The van der Waals surface area contributed by atoms with Crippen LogP contribution in [0.5, 0.6) is 23.0 Å². The molecule has 0 aliphatic carbocycles. The highest BCUT2D eigenvalue weighted by Gasteiger charge is 2.06. The van der Waals surface area contributed by atoms with Crippen LogP contribution in [0.2, 0.25) is 0 Å². The second-order valence-electron chi connectivity index (χ2n) is 7.17. The Morgan fingerprint density at radius 3 is 1.26 bits per heavy atom. The fraction of sp³-hybridized carbons (Fsp3) is 0. The molecule has 6 heteroatoms. The summed E-state index contributed by atoms with van der Waals surface area (Å²) in [6.07, 6.45) is 0. The van der Waals surface area contributed by atoms with Gasteiger partial charge in [-0.1, -0.05) is 24.0 Å². The average Bonchev–Trinajstić information content (AvgIpc) is 2.85. The molecule has 2 N–H and O–H groups in total. The Bertz CT molecular complexity index is 1290. The molecule has 0 bridgehead atoms. The molecule has 4 aromatic rings. The molecule has 0 atom stereocenters. The number of carboxylic acids is 2. The normalized spacial score (nSPS) is 10.0. The van der Waals surface area contributed by atoms with Gasteiger partial charge in [-0.3, -0.25) is 0 Å². The number of carbonyl (C=O) groups is 2. The predicted octanol–water partition coefficient (Wildman–Crippen LogP) is 6.07. The summed E-state index contributed by atoms with van der Waals surface area (Å²) in [6, 6.07) is 26.9. The van der Waals surface area contributed by atoms with E-state index in [-0.39, 0.29) is 11.1 Å². The minimum atomic E-state index is -1.01. The van der Waals surface area contributed by atoms with Gasteiger partial charge in [-0.2, -0.15) is 0 Å².